The predicted molar refractivity (Wildman–Crippen MR) is 146 cm³/mol. The quantitative estimate of drug-likeness (QED) is 0.240. The molecule has 0 bridgehead atoms. The predicted octanol–water partition coefficient (Wildman–Crippen LogP) is 7.79. The lowest BCUT2D eigenvalue weighted by Gasteiger charge is -2.26. The minimum Gasteiger partial charge on any atom is -0.283 e. The highest BCUT2D eigenvalue weighted by Crippen LogP contribution is 2.36. The number of rotatable bonds is 7. The van der Waals surface area contributed by atoms with Gasteiger partial charge in [0.15, 0.2) is 5.13 Å². The molecule has 3 nitrogen and oxygen atoms in total. The summed E-state index contributed by atoms with van der Waals surface area (Å²) in [6.07, 6.45) is 0. The number of hydrogen-bond acceptors (Lipinski definition) is 3. The number of benzene rings is 4. The van der Waals surface area contributed by atoms with Gasteiger partial charge in [-0.2, -0.15) is 0 Å². The van der Waals surface area contributed by atoms with Crippen LogP contribution < -0.4 is 4.90 Å². The number of hydrogen-bond donors (Lipinski definition) is 0. The molecule has 0 aliphatic rings. The molecule has 0 unspecified atom stereocenters. The summed E-state index contributed by atoms with van der Waals surface area (Å²) >= 11 is 1.59. The molecule has 0 atom stereocenters. The lowest BCUT2D eigenvalue weighted by Crippen LogP contribution is -2.35. The Morgan fingerprint density at radius 2 is 1.34 bits per heavy atom. The number of carbonyl (C=O) groups is 1. The maximum atomic E-state index is 14.4. The highest BCUT2D eigenvalue weighted by molar-refractivity contribution is 7.22. The van der Waals surface area contributed by atoms with Crippen LogP contribution >= 0.6 is 11.3 Å². The van der Waals surface area contributed by atoms with Gasteiger partial charge < -0.3 is 0 Å². The molecule has 0 fully saturated rings. The van der Waals surface area contributed by atoms with Crippen LogP contribution in [0.25, 0.3) is 10.2 Å². The third kappa shape index (κ3) is 4.89. The number of aromatic nitrogens is 1. The first-order valence-electron chi connectivity index (χ1n) is 12.0. The molecular weight excluding hydrogens is 448 g/mol. The molecule has 0 N–H and O–H groups in total. The third-order valence-corrected chi connectivity index (χ3v) is 7.30. The van der Waals surface area contributed by atoms with Crippen molar-refractivity contribution in [3.05, 3.63) is 131 Å². The molecule has 0 spiro atoms. The Bertz CT molecular complexity index is 1370. The Labute approximate surface area is 210 Å². The van der Waals surface area contributed by atoms with Crippen LogP contribution in [0.4, 0.5) is 5.13 Å². The Morgan fingerprint density at radius 3 is 1.91 bits per heavy atom. The second-order valence-corrected chi connectivity index (χ2v) is 10.0. The van der Waals surface area contributed by atoms with E-state index < -0.39 is 5.92 Å². The van der Waals surface area contributed by atoms with E-state index in [1.807, 2.05) is 83.8 Å². The minimum atomic E-state index is -0.419. The summed E-state index contributed by atoms with van der Waals surface area (Å²) in [6.45, 7) is 4.83. The van der Waals surface area contributed by atoms with Gasteiger partial charge in [0.2, 0.25) is 5.91 Å². The van der Waals surface area contributed by atoms with Gasteiger partial charge in [0.25, 0.3) is 0 Å². The van der Waals surface area contributed by atoms with Crippen LogP contribution in [0.15, 0.2) is 109 Å². The molecule has 174 valence electrons. The van der Waals surface area contributed by atoms with E-state index in [2.05, 4.69) is 44.2 Å². The van der Waals surface area contributed by atoms with E-state index in [4.69, 9.17) is 4.98 Å². The average molecular weight is 477 g/mol. The van der Waals surface area contributed by atoms with Crippen LogP contribution in [0.1, 0.15) is 47.9 Å². The second-order valence-electron chi connectivity index (χ2n) is 9.01. The molecule has 0 saturated carbocycles. The largest absolute Gasteiger partial charge is 0.283 e. The molecule has 5 rings (SSSR count). The molecule has 0 aliphatic heterocycles. The molecule has 1 aromatic heterocycles. The van der Waals surface area contributed by atoms with E-state index in [0.717, 1.165) is 32.0 Å². The van der Waals surface area contributed by atoms with Crippen LogP contribution in [0.3, 0.4) is 0 Å². The van der Waals surface area contributed by atoms with Gasteiger partial charge in [-0.1, -0.05) is 128 Å². The van der Waals surface area contributed by atoms with Gasteiger partial charge in [0, 0.05) is 0 Å². The lowest BCUT2D eigenvalue weighted by atomic mass is 9.90. The normalized spacial score (nSPS) is 11.3. The van der Waals surface area contributed by atoms with Gasteiger partial charge in [-0.15, -0.1) is 0 Å². The Balaban J connectivity index is 1.64. The summed E-state index contributed by atoms with van der Waals surface area (Å²) in [7, 11) is 0. The lowest BCUT2D eigenvalue weighted by molar-refractivity contribution is -0.119. The van der Waals surface area contributed by atoms with E-state index in [1.165, 1.54) is 5.56 Å². The van der Waals surface area contributed by atoms with Crippen molar-refractivity contribution in [3.8, 4) is 0 Å². The zero-order chi connectivity index (χ0) is 24.2. The van der Waals surface area contributed by atoms with Gasteiger partial charge in [-0.3, -0.25) is 9.69 Å². The molecule has 1 amide bonds. The summed E-state index contributed by atoms with van der Waals surface area (Å²) in [6, 6.07) is 36.5. The Kier molecular flexibility index (Phi) is 6.73. The molecule has 1 heterocycles. The minimum absolute atomic E-state index is 0.0245. The smallest absolute Gasteiger partial charge is 0.241 e. The van der Waals surface area contributed by atoms with Crippen LogP contribution in [-0.4, -0.2) is 10.9 Å². The van der Waals surface area contributed by atoms with E-state index in [-0.39, 0.29) is 5.91 Å². The SMILES string of the molecule is CC(C)c1cccc2sc(N(Cc3ccccc3)C(=O)C(c3ccccc3)c3ccccc3)nc12. The first-order valence-corrected chi connectivity index (χ1v) is 12.8. The number of carbonyl (C=O) groups excluding carboxylic acids is 1. The maximum Gasteiger partial charge on any atom is 0.241 e. The van der Waals surface area contributed by atoms with E-state index in [1.54, 1.807) is 11.3 Å². The van der Waals surface area contributed by atoms with Crippen molar-refractivity contribution in [2.24, 2.45) is 0 Å². The van der Waals surface area contributed by atoms with Gasteiger partial charge in [0.05, 0.1) is 22.7 Å². The highest BCUT2D eigenvalue weighted by Gasteiger charge is 2.30. The second kappa shape index (κ2) is 10.2. The van der Waals surface area contributed by atoms with Crippen LogP contribution in [0.5, 0.6) is 0 Å². The average Bonchev–Trinajstić information content (AvgIpc) is 3.33. The molecule has 5 aromatic rings. The number of amides is 1. The number of anilines is 1. The van der Waals surface area contributed by atoms with Gasteiger partial charge in [-0.05, 0) is 34.2 Å². The third-order valence-electron chi connectivity index (χ3n) is 6.25. The topological polar surface area (TPSA) is 33.2 Å². The van der Waals surface area contributed by atoms with Crippen molar-refractivity contribution in [2.75, 3.05) is 4.90 Å². The van der Waals surface area contributed by atoms with Crippen molar-refractivity contribution < 1.29 is 4.79 Å². The number of thiazole rings is 1. The van der Waals surface area contributed by atoms with Crippen molar-refractivity contribution in [2.45, 2.75) is 32.2 Å². The fourth-order valence-electron chi connectivity index (χ4n) is 4.47. The number of fused-ring (bicyclic) bond motifs is 1. The van der Waals surface area contributed by atoms with Crippen LogP contribution in [0, 0.1) is 0 Å². The number of nitrogens with zero attached hydrogens (tertiary/aromatic N) is 2. The molecule has 4 heteroatoms. The first-order chi connectivity index (χ1) is 17.1. The molecule has 0 saturated heterocycles. The molecule has 35 heavy (non-hydrogen) atoms. The highest BCUT2D eigenvalue weighted by atomic mass is 32.1. The van der Waals surface area contributed by atoms with Gasteiger partial charge in [0.1, 0.15) is 0 Å². The molecule has 0 aliphatic carbocycles. The van der Waals surface area contributed by atoms with Crippen LogP contribution in [-0.2, 0) is 11.3 Å². The van der Waals surface area contributed by atoms with E-state index in [9.17, 15) is 4.79 Å². The van der Waals surface area contributed by atoms with Gasteiger partial charge in [-0.25, -0.2) is 4.98 Å². The molecule has 0 radical (unpaired) electrons. The Morgan fingerprint density at radius 1 is 0.771 bits per heavy atom. The van der Waals surface area contributed by atoms with Crippen LogP contribution in [0.2, 0.25) is 0 Å². The van der Waals surface area contributed by atoms with Gasteiger partial charge >= 0.3 is 0 Å². The fraction of sp³-hybridized carbons (Fsp3) is 0.161. The molecular formula is C31H28N2OS. The fourth-order valence-corrected chi connectivity index (χ4v) is 5.47. The summed E-state index contributed by atoms with van der Waals surface area (Å²) in [4.78, 5) is 21.4. The standard InChI is InChI=1S/C31H28N2OS/c1-22(2)26-19-12-20-27-29(26)32-31(35-27)33(21-23-13-6-3-7-14-23)30(34)28(24-15-8-4-9-16-24)25-17-10-5-11-18-25/h3-20,22,28H,21H2,1-2H3. The summed E-state index contributed by atoms with van der Waals surface area (Å²) in [5.74, 6) is -0.0394. The first kappa shape index (κ1) is 23.0. The summed E-state index contributed by atoms with van der Waals surface area (Å²) in [5, 5.41) is 0.735. The summed E-state index contributed by atoms with van der Waals surface area (Å²) < 4.78 is 1.10. The monoisotopic (exact) mass is 476 g/mol. The molecule has 4 aromatic carbocycles. The van der Waals surface area contributed by atoms with Crippen molar-refractivity contribution in [1.29, 1.82) is 0 Å². The van der Waals surface area contributed by atoms with Crippen molar-refractivity contribution >= 4 is 32.6 Å². The van der Waals surface area contributed by atoms with Crippen molar-refractivity contribution in [1.82, 2.24) is 4.98 Å². The van der Waals surface area contributed by atoms with E-state index in [0.29, 0.717) is 12.5 Å². The zero-order valence-electron chi connectivity index (χ0n) is 20.0. The number of para-hydroxylation sites is 1. The van der Waals surface area contributed by atoms with Crippen molar-refractivity contribution in [3.63, 3.8) is 0 Å². The van der Waals surface area contributed by atoms with E-state index >= 15 is 0 Å². The maximum absolute atomic E-state index is 14.4. The zero-order valence-corrected chi connectivity index (χ0v) is 20.8. The summed E-state index contributed by atoms with van der Waals surface area (Å²) in [5.41, 5.74) is 5.23. The Hall–Kier alpha value is -3.76.